The van der Waals surface area contributed by atoms with Crippen LogP contribution in [-0.2, 0) is 5.41 Å². The van der Waals surface area contributed by atoms with Gasteiger partial charge in [-0.3, -0.25) is 4.99 Å². The summed E-state index contributed by atoms with van der Waals surface area (Å²) < 4.78 is 0. The first-order valence-corrected chi connectivity index (χ1v) is 4.60. The topological polar surface area (TPSA) is 12.4 Å². The van der Waals surface area contributed by atoms with E-state index in [0.29, 0.717) is 5.02 Å². The molecule has 0 amide bonds. The fourth-order valence-electron chi connectivity index (χ4n) is 1.28. The molecule has 0 aliphatic carbocycles. The number of benzene rings is 1. The van der Waals surface area contributed by atoms with E-state index in [4.69, 9.17) is 11.6 Å². The summed E-state index contributed by atoms with van der Waals surface area (Å²) in [5.41, 5.74) is 1.99. The van der Waals surface area contributed by atoms with Gasteiger partial charge in [-0.15, -0.1) is 0 Å². The smallest absolute Gasteiger partial charge is 0.0845 e. The van der Waals surface area contributed by atoms with Crippen molar-refractivity contribution in [1.29, 1.82) is 0 Å². The van der Waals surface area contributed by atoms with Gasteiger partial charge >= 0.3 is 0 Å². The molecule has 0 radical (unpaired) electrons. The van der Waals surface area contributed by atoms with Gasteiger partial charge in [0.25, 0.3) is 0 Å². The van der Waals surface area contributed by atoms with Crippen LogP contribution in [0.3, 0.4) is 0 Å². The SMILES string of the molecule is C=Nc1c(Cl)cccc1C(C)(C)C. The first-order chi connectivity index (χ1) is 5.96. The van der Waals surface area contributed by atoms with Crippen molar-refractivity contribution in [3.05, 3.63) is 28.8 Å². The van der Waals surface area contributed by atoms with Crippen LogP contribution in [0.25, 0.3) is 0 Å². The van der Waals surface area contributed by atoms with E-state index in [1.54, 1.807) is 0 Å². The number of hydrogen-bond donors (Lipinski definition) is 0. The maximum atomic E-state index is 6.00. The minimum Gasteiger partial charge on any atom is -0.263 e. The summed E-state index contributed by atoms with van der Waals surface area (Å²) in [5, 5.41) is 0.669. The predicted octanol–water partition coefficient (Wildman–Crippen LogP) is 3.97. The van der Waals surface area contributed by atoms with E-state index >= 15 is 0 Å². The van der Waals surface area contributed by atoms with Crippen molar-refractivity contribution in [2.75, 3.05) is 0 Å². The molecule has 0 unspecified atom stereocenters. The second-order valence-electron chi connectivity index (χ2n) is 4.04. The molecule has 1 nitrogen and oxygen atoms in total. The van der Waals surface area contributed by atoms with Crippen molar-refractivity contribution in [2.45, 2.75) is 26.2 Å². The second-order valence-corrected chi connectivity index (χ2v) is 4.45. The Bertz CT molecular complexity index is 323. The lowest BCUT2D eigenvalue weighted by Gasteiger charge is -2.21. The van der Waals surface area contributed by atoms with E-state index in [2.05, 4.69) is 32.5 Å². The number of para-hydroxylation sites is 1. The highest BCUT2D eigenvalue weighted by atomic mass is 35.5. The highest BCUT2D eigenvalue weighted by Gasteiger charge is 2.18. The Morgan fingerprint density at radius 1 is 1.31 bits per heavy atom. The van der Waals surface area contributed by atoms with Gasteiger partial charge in [-0.05, 0) is 23.8 Å². The third kappa shape index (κ3) is 2.10. The van der Waals surface area contributed by atoms with Gasteiger partial charge in [-0.25, -0.2) is 0 Å². The first-order valence-electron chi connectivity index (χ1n) is 4.22. The van der Waals surface area contributed by atoms with Crippen molar-refractivity contribution >= 4 is 24.0 Å². The van der Waals surface area contributed by atoms with Crippen molar-refractivity contribution < 1.29 is 0 Å². The molecule has 70 valence electrons. The Morgan fingerprint density at radius 3 is 2.31 bits per heavy atom. The molecule has 0 atom stereocenters. The Balaban J connectivity index is 3.37. The van der Waals surface area contributed by atoms with E-state index in [-0.39, 0.29) is 5.41 Å². The zero-order valence-corrected chi connectivity index (χ0v) is 9.02. The molecule has 2 heteroatoms. The van der Waals surface area contributed by atoms with Crippen LogP contribution < -0.4 is 0 Å². The van der Waals surface area contributed by atoms with Crippen LogP contribution in [0.15, 0.2) is 23.2 Å². The lowest BCUT2D eigenvalue weighted by molar-refractivity contribution is 0.591. The molecule has 0 aliphatic heterocycles. The van der Waals surface area contributed by atoms with Crippen molar-refractivity contribution in [3.63, 3.8) is 0 Å². The lowest BCUT2D eigenvalue weighted by Crippen LogP contribution is -2.11. The fourth-order valence-corrected chi connectivity index (χ4v) is 1.52. The highest BCUT2D eigenvalue weighted by molar-refractivity contribution is 6.33. The van der Waals surface area contributed by atoms with E-state index in [9.17, 15) is 0 Å². The third-order valence-corrected chi connectivity index (χ3v) is 2.26. The Morgan fingerprint density at radius 2 is 1.92 bits per heavy atom. The highest BCUT2D eigenvalue weighted by Crippen LogP contribution is 2.36. The molecule has 0 spiro atoms. The number of halogens is 1. The van der Waals surface area contributed by atoms with Gasteiger partial charge in [-0.1, -0.05) is 44.5 Å². The van der Waals surface area contributed by atoms with E-state index in [0.717, 1.165) is 11.3 Å². The van der Waals surface area contributed by atoms with Crippen molar-refractivity contribution in [1.82, 2.24) is 0 Å². The normalized spacial score (nSPS) is 11.4. The minimum absolute atomic E-state index is 0.0570. The summed E-state index contributed by atoms with van der Waals surface area (Å²) in [4.78, 5) is 3.95. The molecular weight excluding hydrogens is 182 g/mol. The largest absolute Gasteiger partial charge is 0.263 e. The molecule has 13 heavy (non-hydrogen) atoms. The maximum absolute atomic E-state index is 6.00. The maximum Gasteiger partial charge on any atom is 0.0845 e. The second kappa shape index (κ2) is 3.51. The number of aliphatic imine (C=N–C) groups is 1. The van der Waals surface area contributed by atoms with Crippen LogP contribution in [0.4, 0.5) is 5.69 Å². The molecule has 0 aliphatic rings. The van der Waals surface area contributed by atoms with Gasteiger partial charge in [0.15, 0.2) is 0 Å². The molecule has 0 fully saturated rings. The molecule has 0 saturated carbocycles. The zero-order valence-electron chi connectivity index (χ0n) is 8.26. The summed E-state index contributed by atoms with van der Waals surface area (Å²) >= 11 is 6.00. The van der Waals surface area contributed by atoms with E-state index < -0.39 is 0 Å². The van der Waals surface area contributed by atoms with Gasteiger partial charge in [0.2, 0.25) is 0 Å². The molecule has 1 aromatic carbocycles. The van der Waals surface area contributed by atoms with E-state index in [1.807, 2.05) is 18.2 Å². The van der Waals surface area contributed by atoms with Gasteiger partial charge in [0.05, 0.1) is 10.7 Å². The van der Waals surface area contributed by atoms with Crippen LogP contribution in [-0.4, -0.2) is 6.72 Å². The summed E-state index contributed by atoms with van der Waals surface area (Å²) in [6.45, 7) is 9.93. The Hall–Kier alpha value is -0.820. The number of hydrogen-bond acceptors (Lipinski definition) is 1. The van der Waals surface area contributed by atoms with Gasteiger partial charge in [0, 0.05) is 0 Å². The molecule has 0 heterocycles. The summed E-state index contributed by atoms with van der Waals surface area (Å²) in [7, 11) is 0. The molecule has 0 bridgehead atoms. The molecule has 0 aromatic heterocycles. The van der Waals surface area contributed by atoms with Gasteiger partial charge in [-0.2, -0.15) is 0 Å². The van der Waals surface area contributed by atoms with Gasteiger partial charge < -0.3 is 0 Å². The molecule has 1 rings (SSSR count). The number of rotatable bonds is 1. The Kier molecular flexibility index (Phi) is 2.77. The van der Waals surface area contributed by atoms with Crippen LogP contribution in [0.2, 0.25) is 5.02 Å². The van der Waals surface area contributed by atoms with Crippen molar-refractivity contribution in [2.24, 2.45) is 4.99 Å². The average Bonchev–Trinajstić information content (AvgIpc) is 2.02. The third-order valence-electron chi connectivity index (χ3n) is 1.95. The number of nitrogens with zero attached hydrogens (tertiary/aromatic N) is 1. The van der Waals surface area contributed by atoms with Gasteiger partial charge in [0.1, 0.15) is 0 Å². The van der Waals surface area contributed by atoms with Crippen LogP contribution in [0, 0.1) is 0 Å². The predicted molar refractivity (Wildman–Crippen MR) is 59.4 cm³/mol. The summed E-state index contributed by atoms with van der Waals surface area (Å²) in [6.07, 6.45) is 0. The van der Waals surface area contributed by atoms with Crippen LogP contribution in [0.5, 0.6) is 0 Å². The standard InChI is InChI=1S/C11H14ClN/c1-11(2,3)8-6-5-7-9(12)10(8)13-4/h5-7H,4H2,1-3H3. The minimum atomic E-state index is 0.0570. The zero-order chi connectivity index (χ0) is 10.1. The quantitative estimate of drug-likeness (QED) is 0.602. The van der Waals surface area contributed by atoms with Crippen molar-refractivity contribution in [3.8, 4) is 0 Å². The van der Waals surface area contributed by atoms with Crippen LogP contribution >= 0.6 is 11.6 Å². The Labute approximate surface area is 84.5 Å². The average molecular weight is 196 g/mol. The molecule has 0 N–H and O–H groups in total. The monoisotopic (exact) mass is 195 g/mol. The van der Waals surface area contributed by atoms with Crippen LogP contribution in [0.1, 0.15) is 26.3 Å². The fraction of sp³-hybridized carbons (Fsp3) is 0.364. The first kappa shape index (κ1) is 10.3. The summed E-state index contributed by atoms with van der Waals surface area (Å²) in [6, 6.07) is 5.81. The summed E-state index contributed by atoms with van der Waals surface area (Å²) in [5.74, 6) is 0. The molecular formula is C11H14ClN. The van der Waals surface area contributed by atoms with E-state index in [1.165, 1.54) is 0 Å². The lowest BCUT2D eigenvalue weighted by atomic mass is 9.86. The molecule has 0 saturated heterocycles. The molecule has 1 aromatic rings.